The maximum atomic E-state index is 12.3. The summed E-state index contributed by atoms with van der Waals surface area (Å²) in [6.45, 7) is 4.76. The van der Waals surface area contributed by atoms with Gasteiger partial charge in [-0.25, -0.2) is 0 Å². The zero-order chi connectivity index (χ0) is 16.8. The molecular formula is C18H25NO4. The second-order valence-corrected chi connectivity index (χ2v) is 6.59. The molecule has 1 fully saturated rings. The number of aliphatic carboxylic acids is 1. The summed E-state index contributed by atoms with van der Waals surface area (Å²) in [7, 11) is 0. The first kappa shape index (κ1) is 17.3. The molecule has 0 unspecified atom stereocenters. The van der Waals surface area contributed by atoms with Crippen LogP contribution in [0.4, 0.5) is 0 Å². The number of carboxylic acid groups (broad SMARTS) is 1. The van der Waals surface area contributed by atoms with Crippen LogP contribution >= 0.6 is 0 Å². The van der Waals surface area contributed by atoms with E-state index in [1.165, 1.54) is 0 Å². The largest absolute Gasteiger partial charge is 0.493 e. The Kier molecular flexibility index (Phi) is 6.02. The van der Waals surface area contributed by atoms with Gasteiger partial charge in [0.2, 0.25) is 0 Å². The van der Waals surface area contributed by atoms with Crippen LogP contribution in [0, 0.1) is 11.8 Å². The summed E-state index contributed by atoms with van der Waals surface area (Å²) in [5.41, 5.74) is 0.576. The van der Waals surface area contributed by atoms with Crippen molar-refractivity contribution in [1.82, 2.24) is 5.32 Å². The van der Waals surface area contributed by atoms with E-state index in [-0.39, 0.29) is 17.9 Å². The highest BCUT2D eigenvalue weighted by molar-refractivity contribution is 5.94. The number of rotatable bonds is 6. The average Bonchev–Trinajstić information content (AvgIpc) is 2.53. The van der Waals surface area contributed by atoms with Crippen molar-refractivity contribution in [3.8, 4) is 5.75 Å². The van der Waals surface area contributed by atoms with E-state index in [2.05, 4.69) is 19.2 Å². The number of ether oxygens (including phenoxy) is 1. The molecule has 1 aromatic carbocycles. The summed E-state index contributed by atoms with van der Waals surface area (Å²) in [4.78, 5) is 23.3. The smallest absolute Gasteiger partial charge is 0.306 e. The molecule has 5 nitrogen and oxygen atoms in total. The number of hydrogen-bond acceptors (Lipinski definition) is 3. The van der Waals surface area contributed by atoms with Gasteiger partial charge in [-0.1, -0.05) is 19.9 Å². The van der Waals surface area contributed by atoms with Crippen molar-refractivity contribution in [1.29, 1.82) is 0 Å². The Balaban J connectivity index is 1.88. The summed E-state index contributed by atoms with van der Waals surface area (Å²) < 4.78 is 5.64. The Bertz CT molecular complexity index is 548. The van der Waals surface area contributed by atoms with Crippen LogP contribution in [0.1, 0.15) is 49.9 Å². The van der Waals surface area contributed by atoms with E-state index < -0.39 is 5.97 Å². The van der Waals surface area contributed by atoms with Crippen LogP contribution in [0.15, 0.2) is 24.3 Å². The molecule has 126 valence electrons. The topological polar surface area (TPSA) is 75.6 Å². The third-order valence-electron chi connectivity index (χ3n) is 4.09. The van der Waals surface area contributed by atoms with Gasteiger partial charge in [0.15, 0.2) is 0 Å². The number of amides is 1. The van der Waals surface area contributed by atoms with Crippen LogP contribution in [0.2, 0.25) is 0 Å². The standard InChI is InChI=1S/C18H25NO4/c1-12(2)11-23-16-5-3-4-14(10-16)17(20)19-15-8-6-13(7-9-15)18(21)22/h3-5,10,12-13,15H,6-9,11H2,1-2H3,(H,19,20)(H,21,22). The fourth-order valence-corrected chi connectivity index (χ4v) is 2.74. The van der Waals surface area contributed by atoms with E-state index in [9.17, 15) is 9.59 Å². The number of carbonyl (C=O) groups is 2. The highest BCUT2D eigenvalue weighted by atomic mass is 16.5. The van der Waals surface area contributed by atoms with Crippen LogP contribution < -0.4 is 10.1 Å². The van der Waals surface area contributed by atoms with Crippen molar-refractivity contribution in [2.45, 2.75) is 45.6 Å². The monoisotopic (exact) mass is 319 g/mol. The normalized spacial score (nSPS) is 21.0. The first-order chi connectivity index (χ1) is 11.0. The van der Waals surface area contributed by atoms with E-state index in [1.54, 1.807) is 12.1 Å². The molecule has 0 aromatic heterocycles. The van der Waals surface area contributed by atoms with E-state index in [1.807, 2.05) is 12.1 Å². The van der Waals surface area contributed by atoms with E-state index >= 15 is 0 Å². The molecule has 1 saturated carbocycles. The molecule has 5 heteroatoms. The van der Waals surface area contributed by atoms with Crippen LogP contribution in [-0.4, -0.2) is 29.6 Å². The Morgan fingerprint density at radius 2 is 1.96 bits per heavy atom. The van der Waals surface area contributed by atoms with Crippen LogP contribution in [-0.2, 0) is 4.79 Å². The van der Waals surface area contributed by atoms with E-state index in [4.69, 9.17) is 9.84 Å². The summed E-state index contributed by atoms with van der Waals surface area (Å²) >= 11 is 0. The van der Waals surface area contributed by atoms with Gasteiger partial charge in [-0.05, 0) is 49.8 Å². The number of benzene rings is 1. The molecule has 0 bridgehead atoms. The summed E-state index contributed by atoms with van der Waals surface area (Å²) in [5.74, 6) is -0.00250. The zero-order valence-corrected chi connectivity index (χ0v) is 13.7. The summed E-state index contributed by atoms with van der Waals surface area (Å²) in [5, 5.41) is 12.0. The van der Waals surface area contributed by atoms with Crippen molar-refractivity contribution in [3.63, 3.8) is 0 Å². The maximum Gasteiger partial charge on any atom is 0.306 e. The first-order valence-electron chi connectivity index (χ1n) is 8.22. The molecule has 1 aliphatic carbocycles. The number of nitrogens with one attached hydrogen (secondary N) is 1. The Labute approximate surface area is 137 Å². The molecule has 23 heavy (non-hydrogen) atoms. The van der Waals surface area contributed by atoms with Gasteiger partial charge in [-0.2, -0.15) is 0 Å². The maximum absolute atomic E-state index is 12.3. The first-order valence-corrected chi connectivity index (χ1v) is 8.22. The Morgan fingerprint density at radius 3 is 2.57 bits per heavy atom. The van der Waals surface area contributed by atoms with Crippen LogP contribution in [0.25, 0.3) is 0 Å². The van der Waals surface area contributed by atoms with Crippen LogP contribution in [0.5, 0.6) is 5.75 Å². The van der Waals surface area contributed by atoms with Crippen molar-refractivity contribution in [2.75, 3.05) is 6.61 Å². The fourth-order valence-electron chi connectivity index (χ4n) is 2.74. The van der Waals surface area contributed by atoms with Gasteiger partial charge in [0.05, 0.1) is 12.5 Å². The van der Waals surface area contributed by atoms with Gasteiger partial charge in [-0.15, -0.1) is 0 Å². The summed E-state index contributed by atoms with van der Waals surface area (Å²) in [6, 6.07) is 7.22. The zero-order valence-electron chi connectivity index (χ0n) is 13.7. The fraction of sp³-hybridized carbons (Fsp3) is 0.556. The van der Waals surface area contributed by atoms with Crippen molar-refractivity contribution in [3.05, 3.63) is 29.8 Å². The second kappa shape index (κ2) is 7.99. The summed E-state index contributed by atoms with van der Waals surface area (Å²) in [6.07, 6.45) is 2.67. The number of carbonyl (C=O) groups excluding carboxylic acids is 1. The molecular weight excluding hydrogens is 294 g/mol. The highest BCUT2D eigenvalue weighted by Gasteiger charge is 2.26. The predicted octanol–water partition coefficient (Wildman–Crippen LogP) is 3.09. The Morgan fingerprint density at radius 1 is 1.26 bits per heavy atom. The Hall–Kier alpha value is -2.04. The molecule has 0 saturated heterocycles. The minimum Gasteiger partial charge on any atom is -0.493 e. The van der Waals surface area contributed by atoms with Gasteiger partial charge in [0, 0.05) is 11.6 Å². The van der Waals surface area contributed by atoms with Crippen LogP contribution in [0.3, 0.4) is 0 Å². The van der Waals surface area contributed by atoms with Crippen molar-refractivity contribution in [2.24, 2.45) is 11.8 Å². The van der Waals surface area contributed by atoms with Gasteiger partial charge in [0.25, 0.3) is 5.91 Å². The molecule has 0 aliphatic heterocycles. The van der Waals surface area contributed by atoms with E-state index in [0.717, 1.165) is 0 Å². The second-order valence-electron chi connectivity index (χ2n) is 6.59. The number of hydrogen-bond donors (Lipinski definition) is 2. The predicted molar refractivity (Wildman–Crippen MR) is 87.6 cm³/mol. The van der Waals surface area contributed by atoms with Gasteiger partial charge in [0.1, 0.15) is 5.75 Å². The van der Waals surface area contributed by atoms with E-state index in [0.29, 0.717) is 49.5 Å². The molecule has 2 rings (SSSR count). The number of carboxylic acids is 1. The molecule has 2 N–H and O–H groups in total. The molecule has 1 aromatic rings. The lowest BCUT2D eigenvalue weighted by Crippen LogP contribution is -2.38. The minimum absolute atomic E-state index is 0.0540. The molecule has 0 spiro atoms. The van der Waals surface area contributed by atoms with Gasteiger partial charge < -0.3 is 15.2 Å². The molecule has 1 amide bonds. The lowest BCUT2D eigenvalue weighted by molar-refractivity contribution is -0.142. The molecule has 0 heterocycles. The highest BCUT2D eigenvalue weighted by Crippen LogP contribution is 2.25. The lowest BCUT2D eigenvalue weighted by atomic mass is 9.86. The third-order valence-corrected chi connectivity index (χ3v) is 4.09. The van der Waals surface area contributed by atoms with Gasteiger partial charge >= 0.3 is 5.97 Å². The van der Waals surface area contributed by atoms with Crippen molar-refractivity contribution < 1.29 is 19.4 Å². The quantitative estimate of drug-likeness (QED) is 0.845. The molecule has 0 radical (unpaired) electrons. The minimum atomic E-state index is -0.732. The van der Waals surface area contributed by atoms with Crippen molar-refractivity contribution >= 4 is 11.9 Å². The third kappa shape index (κ3) is 5.27. The SMILES string of the molecule is CC(C)COc1cccc(C(=O)NC2CCC(C(=O)O)CC2)c1. The van der Waals surface area contributed by atoms with Gasteiger partial charge in [-0.3, -0.25) is 9.59 Å². The average molecular weight is 319 g/mol. The lowest BCUT2D eigenvalue weighted by Gasteiger charge is -2.26. The molecule has 0 atom stereocenters. The molecule has 1 aliphatic rings.